The second kappa shape index (κ2) is 6.36. The van der Waals surface area contributed by atoms with Crippen molar-refractivity contribution in [3.8, 4) is 0 Å². The molecule has 0 bridgehead atoms. The molecule has 0 saturated carbocycles. The van der Waals surface area contributed by atoms with Crippen LogP contribution in [0, 0.1) is 0 Å². The van der Waals surface area contributed by atoms with Crippen molar-refractivity contribution in [3.63, 3.8) is 0 Å². The molecule has 0 spiro atoms. The molecule has 0 aromatic heterocycles. The van der Waals surface area contributed by atoms with Crippen molar-refractivity contribution in [1.29, 1.82) is 0 Å². The van der Waals surface area contributed by atoms with E-state index in [1.165, 1.54) is 0 Å². The quantitative estimate of drug-likeness (QED) is 0.688. The average molecular weight is 292 g/mol. The molecular formula is C14H16N2O5. The zero-order chi connectivity index (χ0) is 15.4. The topological polar surface area (TPSA) is 107 Å². The lowest BCUT2D eigenvalue weighted by molar-refractivity contribution is -0.150. The molecule has 21 heavy (non-hydrogen) atoms. The molecule has 1 aliphatic heterocycles. The zero-order valence-electron chi connectivity index (χ0n) is 11.3. The van der Waals surface area contributed by atoms with Gasteiger partial charge in [-0.05, 0) is 17.5 Å². The fraction of sp³-hybridized carbons (Fsp3) is 0.357. The van der Waals surface area contributed by atoms with Crippen LogP contribution in [0.15, 0.2) is 24.3 Å². The zero-order valence-corrected chi connectivity index (χ0v) is 11.3. The van der Waals surface area contributed by atoms with Gasteiger partial charge in [-0.15, -0.1) is 0 Å². The predicted octanol–water partition coefficient (Wildman–Crippen LogP) is -0.301. The Morgan fingerprint density at radius 3 is 2.24 bits per heavy atom. The van der Waals surface area contributed by atoms with Crippen LogP contribution in [-0.4, -0.2) is 52.1 Å². The molecule has 0 aliphatic carbocycles. The minimum atomic E-state index is -1.24. The SMILES string of the molecule is O=C(O)CN(CC(=O)O)C(=O)[C@@H]1Cc2ccccc2CN1. The van der Waals surface area contributed by atoms with Crippen LogP contribution in [0.25, 0.3) is 0 Å². The normalized spacial score (nSPS) is 16.9. The van der Waals surface area contributed by atoms with Crippen molar-refractivity contribution in [2.75, 3.05) is 13.1 Å². The number of aliphatic carboxylic acids is 2. The highest BCUT2D eigenvalue weighted by molar-refractivity contribution is 5.88. The Hall–Kier alpha value is -2.41. The molecule has 1 atom stereocenters. The Labute approximate surface area is 121 Å². The first kappa shape index (κ1) is 15.0. The third-order valence-corrected chi connectivity index (χ3v) is 3.34. The van der Waals surface area contributed by atoms with E-state index in [9.17, 15) is 14.4 Å². The summed E-state index contributed by atoms with van der Waals surface area (Å²) < 4.78 is 0. The van der Waals surface area contributed by atoms with Gasteiger partial charge < -0.3 is 20.4 Å². The van der Waals surface area contributed by atoms with Gasteiger partial charge in [0.15, 0.2) is 0 Å². The Morgan fingerprint density at radius 1 is 1.10 bits per heavy atom. The number of carbonyl (C=O) groups is 3. The molecule has 7 heteroatoms. The second-order valence-electron chi connectivity index (χ2n) is 4.89. The van der Waals surface area contributed by atoms with Crippen molar-refractivity contribution in [2.24, 2.45) is 0 Å². The number of amides is 1. The molecule has 1 aromatic rings. The van der Waals surface area contributed by atoms with Gasteiger partial charge in [0, 0.05) is 6.54 Å². The molecule has 0 radical (unpaired) electrons. The van der Waals surface area contributed by atoms with Crippen LogP contribution in [0.2, 0.25) is 0 Å². The van der Waals surface area contributed by atoms with Gasteiger partial charge in [-0.2, -0.15) is 0 Å². The van der Waals surface area contributed by atoms with Gasteiger partial charge >= 0.3 is 11.9 Å². The highest BCUT2D eigenvalue weighted by atomic mass is 16.4. The number of fused-ring (bicyclic) bond motifs is 1. The van der Waals surface area contributed by atoms with Crippen molar-refractivity contribution >= 4 is 17.8 Å². The number of nitrogens with one attached hydrogen (secondary N) is 1. The maximum atomic E-state index is 12.3. The molecule has 0 fully saturated rings. The van der Waals surface area contributed by atoms with Gasteiger partial charge in [-0.25, -0.2) is 0 Å². The van der Waals surface area contributed by atoms with Crippen LogP contribution in [0.5, 0.6) is 0 Å². The van der Waals surface area contributed by atoms with Gasteiger partial charge in [0.25, 0.3) is 0 Å². The number of benzene rings is 1. The van der Waals surface area contributed by atoms with Gasteiger partial charge in [0.05, 0.1) is 6.04 Å². The summed E-state index contributed by atoms with van der Waals surface area (Å²) in [7, 11) is 0. The summed E-state index contributed by atoms with van der Waals surface area (Å²) in [6.45, 7) is -0.740. The third kappa shape index (κ3) is 3.79. The first-order valence-corrected chi connectivity index (χ1v) is 6.50. The summed E-state index contributed by atoms with van der Waals surface area (Å²) in [5.41, 5.74) is 2.10. The molecular weight excluding hydrogens is 276 g/mol. The number of rotatable bonds is 5. The van der Waals surface area contributed by atoms with E-state index >= 15 is 0 Å². The Morgan fingerprint density at radius 2 is 1.67 bits per heavy atom. The maximum absolute atomic E-state index is 12.3. The third-order valence-electron chi connectivity index (χ3n) is 3.34. The van der Waals surface area contributed by atoms with Crippen LogP contribution in [-0.2, 0) is 27.3 Å². The maximum Gasteiger partial charge on any atom is 0.323 e. The van der Waals surface area contributed by atoms with E-state index in [2.05, 4.69) is 5.32 Å². The summed E-state index contributed by atoms with van der Waals surface area (Å²) in [5, 5.41) is 20.6. The highest BCUT2D eigenvalue weighted by Crippen LogP contribution is 2.17. The Kier molecular flexibility index (Phi) is 4.54. The smallest absolute Gasteiger partial charge is 0.323 e. The molecule has 1 aliphatic rings. The monoisotopic (exact) mass is 292 g/mol. The van der Waals surface area contributed by atoms with Crippen molar-refractivity contribution in [3.05, 3.63) is 35.4 Å². The molecule has 0 unspecified atom stereocenters. The van der Waals surface area contributed by atoms with Gasteiger partial charge in [0.1, 0.15) is 13.1 Å². The number of carboxylic acid groups (broad SMARTS) is 2. The van der Waals surface area contributed by atoms with E-state index in [1.54, 1.807) is 0 Å². The van der Waals surface area contributed by atoms with Crippen LogP contribution in [0.4, 0.5) is 0 Å². The molecule has 0 saturated heterocycles. The Balaban J connectivity index is 2.11. The molecule has 1 amide bonds. The standard InChI is InChI=1S/C14H16N2O5/c17-12(18)7-16(8-13(19)20)14(21)11-5-9-3-1-2-4-10(9)6-15-11/h1-4,11,15H,5-8H2,(H,17,18)(H,19,20)/t11-/m0/s1. The molecule has 1 aromatic carbocycles. The van der Waals surface area contributed by atoms with Crippen LogP contribution in [0.1, 0.15) is 11.1 Å². The Bertz CT molecular complexity index is 556. The lowest BCUT2D eigenvalue weighted by atomic mass is 9.95. The van der Waals surface area contributed by atoms with Crippen LogP contribution < -0.4 is 5.32 Å². The molecule has 2 rings (SSSR count). The van der Waals surface area contributed by atoms with E-state index in [-0.39, 0.29) is 0 Å². The fourth-order valence-corrected chi connectivity index (χ4v) is 2.39. The fourth-order valence-electron chi connectivity index (χ4n) is 2.39. The average Bonchev–Trinajstić information content (AvgIpc) is 2.44. The first-order valence-electron chi connectivity index (χ1n) is 6.50. The summed E-state index contributed by atoms with van der Waals surface area (Å²) in [6.07, 6.45) is 0.421. The van der Waals surface area contributed by atoms with Crippen molar-refractivity contribution in [1.82, 2.24) is 10.2 Å². The van der Waals surface area contributed by atoms with Crippen LogP contribution in [0.3, 0.4) is 0 Å². The number of carbonyl (C=O) groups excluding carboxylic acids is 1. The molecule has 3 N–H and O–H groups in total. The summed E-state index contributed by atoms with van der Waals surface area (Å²) in [4.78, 5) is 34.7. The van der Waals surface area contributed by atoms with E-state index in [1.807, 2.05) is 24.3 Å². The van der Waals surface area contributed by atoms with E-state index in [0.29, 0.717) is 13.0 Å². The van der Waals surface area contributed by atoms with Crippen LogP contribution >= 0.6 is 0 Å². The minimum absolute atomic E-state index is 0.421. The minimum Gasteiger partial charge on any atom is -0.480 e. The predicted molar refractivity (Wildman–Crippen MR) is 72.6 cm³/mol. The second-order valence-corrected chi connectivity index (χ2v) is 4.89. The van der Waals surface area contributed by atoms with E-state index in [4.69, 9.17) is 10.2 Å². The van der Waals surface area contributed by atoms with Gasteiger partial charge in [-0.1, -0.05) is 24.3 Å². The number of nitrogens with zero attached hydrogens (tertiary/aromatic N) is 1. The van der Waals surface area contributed by atoms with E-state index in [0.717, 1.165) is 16.0 Å². The molecule has 1 heterocycles. The molecule has 112 valence electrons. The summed E-state index contributed by atoms with van der Waals surface area (Å²) in [5.74, 6) is -2.98. The summed E-state index contributed by atoms with van der Waals surface area (Å²) >= 11 is 0. The van der Waals surface area contributed by atoms with Crippen molar-refractivity contribution < 1.29 is 24.6 Å². The highest BCUT2D eigenvalue weighted by Gasteiger charge is 2.29. The lowest BCUT2D eigenvalue weighted by Crippen LogP contribution is -2.52. The number of carboxylic acids is 2. The molecule has 7 nitrogen and oxygen atoms in total. The number of hydrogen-bond donors (Lipinski definition) is 3. The van der Waals surface area contributed by atoms with Gasteiger partial charge in [-0.3, -0.25) is 14.4 Å². The van der Waals surface area contributed by atoms with E-state index < -0.39 is 37.0 Å². The van der Waals surface area contributed by atoms with Gasteiger partial charge in [0.2, 0.25) is 5.91 Å². The summed E-state index contributed by atoms with van der Waals surface area (Å²) in [6, 6.07) is 7.05. The largest absolute Gasteiger partial charge is 0.480 e. The number of hydrogen-bond acceptors (Lipinski definition) is 4. The first-order chi connectivity index (χ1) is 9.97. The van der Waals surface area contributed by atoms with Crippen molar-refractivity contribution in [2.45, 2.75) is 19.0 Å². The lowest BCUT2D eigenvalue weighted by Gasteiger charge is -2.29.